The van der Waals surface area contributed by atoms with Crippen LogP contribution < -0.4 is 5.32 Å². The van der Waals surface area contributed by atoms with Gasteiger partial charge in [-0.3, -0.25) is 4.90 Å². The van der Waals surface area contributed by atoms with E-state index in [1.807, 2.05) is 0 Å². The Morgan fingerprint density at radius 2 is 1.81 bits per heavy atom. The van der Waals surface area contributed by atoms with E-state index in [-0.39, 0.29) is 5.54 Å². The van der Waals surface area contributed by atoms with Gasteiger partial charge in [0, 0.05) is 18.1 Å². The highest BCUT2D eigenvalue weighted by atomic mass is 15.1. The lowest BCUT2D eigenvalue weighted by atomic mass is 10.00. The predicted octanol–water partition coefficient (Wildman–Crippen LogP) is 2.91. The van der Waals surface area contributed by atoms with Gasteiger partial charge in [-0.15, -0.1) is 0 Å². The van der Waals surface area contributed by atoms with Crippen molar-refractivity contribution in [3.05, 3.63) is 12.2 Å². The molecule has 0 aliphatic rings. The van der Waals surface area contributed by atoms with Crippen LogP contribution in [0.15, 0.2) is 12.2 Å². The van der Waals surface area contributed by atoms with Crippen molar-refractivity contribution >= 4 is 0 Å². The smallest absolute Gasteiger partial charge is 0.0187 e. The van der Waals surface area contributed by atoms with E-state index >= 15 is 0 Å². The Balaban J connectivity index is 4.07. The molecule has 0 aromatic rings. The van der Waals surface area contributed by atoms with Crippen molar-refractivity contribution in [3.8, 4) is 0 Å². The zero-order valence-electron chi connectivity index (χ0n) is 12.2. The van der Waals surface area contributed by atoms with Gasteiger partial charge in [-0.1, -0.05) is 19.1 Å². The third kappa shape index (κ3) is 7.02. The molecule has 2 nitrogen and oxygen atoms in total. The first-order valence-corrected chi connectivity index (χ1v) is 6.23. The molecule has 0 heterocycles. The number of nitrogens with one attached hydrogen (secondary N) is 1. The van der Waals surface area contributed by atoms with Gasteiger partial charge in [0.1, 0.15) is 0 Å². The highest BCUT2D eigenvalue weighted by Crippen LogP contribution is 2.11. The topological polar surface area (TPSA) is 15.3 Å². The molecule has 0 aliphatic carbocycles. The lowest BCUT2D eigenvalue weighted by Crippen LogP contribution is -2.44. The second-order valence-corrected chi connectivity index (χ2v) is 6.22. The van der Waals surface area contributed by atoms with Crippen LogP contribution >= 0.6 is 0 Å². The molecule has 0 bridgehead atoms. The van der Waals surface area contributed by atoms with Gasteiger partial charge in [-0.05, 0) is 54.1 Å². The second kappa shape index (κ2) is 6.41. The zero-order chi connectivity index (χ0) is 12.9. The Labute approximate surface area is 102 Å². The molecule has 0 rings (SSSR count). The van der Waals surface area contributed by atoms with E-state index in [2.05, 4.69) is 65.4 Å². The lowest BCUT2D eigenvalue weighted by molar-refractivity contribution is 0.202. The highest BCUT2D eigenvalue weighted by Gasteiger charge is 2.18. The van der Waals surface area contributed by atoms with Crippen molar-refractivity contribution in [2.24, 2.45) is 5.92 Å². The van der Waals surface area contributed by atoms with Crippen LogP contribution in [0.25, 0.3) is 0 Å². The standard InChI is InChI=1S/C14H30N2/c1-11(2)10-16(8)13(4)12(3)9-15-14(5,6)7/h12-13,15H,1,9-10H2,2-8H3. The van der Waals surface area contributed by atoms with Gasteiger partial charge in [-0.2, -0.15) is 0 Å². The molecule has 0 saturated carbocycles. The molecular formula is C14H30N2. The van der Waals surface area contributed by atoms with E-state index in [0.717, 1.165) is 13.1 Å². The maximum absolute atomic E-state index is 3.96. The third-order valence-electron chi connectivity index (χ3n) is 2.99. The number of nitrogens with zero attached hydrogens (tertiary/aromatic N) is 1. The average molecular weight is 226 g/mol. The molecule has 0 fully saturated rings. The van der Waals surface area contributed by atoms with Crippen molar-refractivity contribution < 1.29 is 0 Å². The molecule has 0 spiro atoms. The maximum atomic E-state index is 3.96. The molecule has 2 heteroatoms. The molecule has 2 atom stereocenters. The summed E-state index contributed by atoms with van der Waals surface area (Å²) >= 11 is 0. The molecule has 0 aliphatic heterocycles. The van der Waals surface area contributed by atoms with Crippen LogP contribution in [0.1, 0.15) is 41.5 Å². The Bertz CT molecular complexity index is 215. The predicted molar refractivity (Wildman–Crippen MR) is 73.8 cm³/mol. The van der Waals surface area contributed by atoms with Gasteiger partial charge < -0.3 is 5.32 Å². The first-order chi connectivity index (χ1) is 7.13. The summed E-state index contributed by atoms with van der Waals surface area (Å²) in [5.41, 5.74) is 1.44. The first kappa shape index (κ1) is 15.7. The summed E-state index contributed by atoms with van der Waals surface area (Å²) in [7, 11) is 2.17. The summed E-state index contributed by atoms with van der Waals surface area (Å²) in [5.74, 6) is 0.642. The normalized spacial score (nSPS) is 16.2. The number of hydrogen-bond acceptors (Lipinski definition) is 2. The van der Waals surface area contributed by atoms with Gasteiger partial charge in [0.05, 0.1) is 0 Å². The molecule has 0 aromatic carbocycles. The molecule has 0 aromatic heterocycles. The Morgan fingerprint density at radius 3 is 2.19 bits per heavy atom. The van der Waals surface area contributed by atoms with E-state index in [1.165, 1.54) is 5.57 Å². The van der Waals surface area contributed by atoms with E-state index < -0.39 is 0 Å². The minimum Gasteiger partial charge on any atom is -0.312 e. The molecule has 0 amide bonds. The van der Waals surface area contributed by atoms with Gasteiger partial charge in [0.15, 0.2) is 0 Å². The molecule has 1 N–H and O–H groups in total. The fourth-order valence-corrected chi connectivity index (χ4v) is 1.64. The van der Waals surface area contributed by atoms with Crippen molar-refractivity contribution in [1.29, 1.82) is 0 Å². The zero-order valence-corrected chi connectivity index (χ0v) is 12.2. The van der Waals surface area contributed by atoms with E-state index in [9.17, 15) is 0 Å². The van der Waals surface area contributed by atoms with Crippen LogP contribution in [0.2, 0.25) is 0 Å². The summed E-state index contributed by atoms with van der Waals surface area (Å²) < 4.78 is 0. The van der Waals surface area contributed by atoms with Crippen LogP contribution in [-0.4, -0.2) is 36.6 Å². The van der Waals surface area contributed by atoms with Gasteiger partial charge in [0.2, 0.25) is 0 Å². The number of likely N-dealkylation sites (N-methyl/N-ethyl adjacent to an activating group) is 1. The maximum Gasteiger partial charge on any atom is 0.0187 e. The number of rotatable bonds is 6. The molecule has 2 unspecified atom stereocenters. The minimum absolute atomic E-state index is 0.209. The van der Waals surface area contributed by atoms with Crippen LogP contribution in [0.4, 0.5) is 0 Å². The average Bonchev–Trinajstić information content (AvgIpc) is 2.10. The largest absolute Gasteiger partial charge is 0.312 e. The summed E-state index contributed by atoms with van der Waals surface area (Å²) in [6.07, 6.45) is 0. The van der Waals surface area contributed by atoms with Crippen LogP contribution in [0.3, 0.4) is 0 Å². The number of hydrogen-bond donors (Lipinski definition) is 1. The van der Waals surface area contributed by atoms with Crippen molar-refractivity contribution in [1.82, 2.24) is 10.2 Å². The van der Waals surface area contributed by atoms with Crippen LogP contribution in [0, 0.1) is 5.92 Å². The SMILES string of the molecule is C=C(C)CN(C)C(C)C(C)CNC(C)(C)C. The van der Waals surface area contributed by atoms with E-state index in [0.29, 0.717) is 12.0 Å². The molecule has 0 radical (unpaired) electrons. The molecule has 16 heavy (non-hydrogen) atoms. The van der Waals surface area contributed by atoms with Crippen molar-refractivity contribution in [3.63, 3.8) is 0 Å². The third-order valence-corrected chi connectivity index (χ3v) is 2.99. The monoisotopic (exact) mass is 226 g/mol. The molecule has 0 saturated heterocycles. The van der Waals surface area contributed by atoms with Gasteiger partial charge >= 0.3 is 0 Å². The Hall–Kier alpha value is -0.340. The van der Waals surface area contributed by atoms with Crippen molar-refractivity contribution in [2.45, 2.75) is 53.1 Å². The lowest BCUT2D eigenvalue weighted by Gasteiger charge is -2.32. The van der Waals surface area contributed by atoms with E-state index in [4.69, 9.17) is 0 Å². The Morgan fingerprint density at radius 1 is 1.31 bits per heavy atom. The van der Waals surface area contributed by atoms with E-state index in [1.54, 1.807) is 0 Å². The highest BCUT2D eigenvalue weighted by molar-refractivity contribution is 4.92. The summed E-state index contributed by atoms with van der Waals surface area (Å²) in [5, 5.41) is 3.56. The fraction of sp³-hybridized carbons (Fsp3) is 0.857. The summed E-state index contributed by atoms with van der Waals surface area (Å²) in [6.45, 7) is 19.3. The summed E-state index contributed by atoms with van der Waals surface area (Å²) in [4.78, 5) is 2.37. The Kier molecular flexibility index (Phi) is 6.27. The fourth-order valence-electron chi connectivity index (χ4n) is 1.64. The van der Waals surface area contributed by atoms with Crippen molar-refractivity contribution in [2.75, 3.05) is 20.1 Å². The molecular weight excluding hydrogens is 196 g/mol. The van der Waals surface area contributed by atoms with Gasteiger partial charge in [0.25, 0.3) is 0 Å². The minimum atomic E-state index is 0.209. The van der Waals surface area contributed by atoms with Crippen LogP contribution in [-0.2, 0) is 0 Å². The van der Waals surface area contributed by atoms with Gasteiger partial charge in [-0.25, -0.2) is 0 Å². The first-order valence-electron chi connectivity index (χ1n) is 6.23. The summed E-state index contributed by atoms with van der Waals surface area (Å²) in [6, 6.07) is 0.576. The quantitative estimate of drug-likeness (QED) is 0.701. The second-order valence-electron chi connectivity index (χ2n) is 6.22. The molecule has 96 valence electrons. The van der Waals surface area contributed by atoms with Crippen LogP contribution in [0.5, 0.6) is 0 Å².